The number of aromatic nitrogens is 2. The third-order valence-corrected chi connectivity index (χ3v) is 9.63. The molecule has 1 aromatic heterocycles. The predicted molar refractivity (Wildman–Crippen MR) is 133 cm³/mol. The number of carbonyl (C=O) groups excluding carboxylic acids is 1. The molecule has 8 heteroatoms. The summed E-state index contributed by atoms with van der Waals surface area (Å²) in [6, 6.07) is 7.52. The predicted octanol–water partition coefficient (Wildman–Crippen LogP) is 4.28. The maximum absolute atomic E-state index is 13.3. The molecule has 2 fully saturated rings. The molecular formula is C26H38N4O3S. The van der Waals surface area contributed by atoms with Crippen molar-refractivity contribution in [3.8, 4) is 0 Å². The lowest BCUT2D eigenvalue weighted by Gasteiger charge is -2.29. The van der Waals surface area contributed by atoms with Gasteiger partial charge in [0.05, 0.1) is 17.9 Å². The first kappa shape index (κ1) is 24.9. The molecule has 34 heavy (non-hydrogen) atoms. The number of nitrogens with one attached hydrogen (secondary N) is 1. The molecule has 1 aliphatic carbocycles. The molecule has 0 unspecified atom stereocenters. The molecule has 7 nitrogen and oxygen atoms in total. The molecule has 0 atom stereocenters. The Kier molecular flexibility index (Phi) is 7.77. The molecular weight excluding hydrogens is 448 g/mol. The average molecular weight is 487 g/mol. The summed E-state index contributed by atoms with van der Waals surface area (Å²) < 4.78 is 30.0. The SMILES string of the molecule is Cc1nn(Cc2ccc(C(=O)NCC3CCCCC3)cc2)c(C)c1S(=O)(=O)N1CCC(C)CC1. The molecule has 1 saturated heterocycles. The van der Waals surface area contributed by atoms with Gasteiger partial charge >= 0.3 is 0 Å². The number of amides is 1. The van der Waals surface area contributed by atoms with Crippen molar-refractivity contribution in [3.63, 3.8) is 0 Å². The summed E-state index contributed by atoms with van der Waals surface area (Å²) in [7, 11) is -3.55. The molecule has 1 aliphatic heterocycles. The van der Waals surface area contributed by atoms with Gasteiger partial charge in [0, 0.05) is 25.2 Å². The van der Waals surface area contributed by atoms with Gasteiger partial charge in [0.15, 0.2) is 0 Å². The summed E-state index contributed by atoms with van der Waals surface area (Å²) in [6.07, 6.45) is 8.04. The molecule has 1 N–H and O–H groups in total. The minimum atomic E-state index is -3.55. The van der Waals surface area contributed by atoms with E-state index < -0.39 is 10.0 Å². The van der Waals surface area contributed by atoms with Crippen LogP contribution >= 0.6 is 0 Å². The lowest BCUT2D eigenvalue weighted by atomic mass is 9.89. The van der Waals surface area contributed by atoms with E-state index in [9.17, 15) is 13.2 Å². The molecule has 0 bridgehead atoms. The molecule has 0 spiro atoms. The summed E-state index contributed by atoms with van der Waals surface area (Å²) in [4.78, 5) is 12.9. The fourth-order valence-electron chi connectivity index (χ4n) is 5.23. The molecule has 4 rings (SSSR count). The van der Waals surface area contributed by atoms with Crippen LogP contribution in [0.25, 0.3) is 0 Å². The molecule has 1 saturated carbocycles. The van der Waals surface area contributed by atoms with E-state index in [4.69, 9.17) is 0 Å². The van der Waals surface area contributed by atoms with Gasteiger partial charge in [0.25, 0.3) is 5.91 Å². The van der Waals surface area contributed by atoms with Crippen molar-refractivity contribution in [2.75, 3.05) is 19.6 Å². The lowest BCUT2D eigenvalue weighted by Crippen LogP contribution is -2.38. The molecule has 2 heterocycles. The van der Waals surface area contributed by atoms with Gasteiger partial charge < -0.3 is 5.32 Å². The number of rotatable bonds is 7. The highest BCUT2D eigenvalue weighted by atomic mass is 32.2. The number of benzene rings is 1. The number of hydrogen-bond donors (Lipinski definition) is 1. The van der Waals surface area contributed by atoms with Crippen LogP contribution in [0.4, 0.5) is 0 Å². The minimum absolute atomic E-state index is 0.0348. The normalized spacial score (nSPS) is 18.8. The summed E-state index contributed by atoms with van der Waals surface area (Å²) in [5.41, 5.74) is 2.82. The number of sulfonamides is 1. The fraction of sp³-hybridized carbons (Fsp3) is 0.615. The Bertz CT molecular complexity index is 1090. The molecule has 1 amide bonds. The number of nitrogens with zero attached hydrogens (tertiary/aromatic N) is 3. The van der Waals surface area contributed by atoms with Crippen molar-refractivity contribution in [3.05, 3.63) is 46.8 Å². The number of hydrogen-bond acceptors (Lipinski definition) is 4. The van der Waals surface area contributed by atoms with Crippen LogP contribution in [0.3, 0.4) is 0 Å². The second-order valence-electron chi connectivity index (χ2n) is 10.2. The molecule has 2 aliphatic rings. The van der Waals surface area contributed by atoms with Crippen LogP contribution in [0.5, 0.6) is 0 Å². The van der Waals surface area contributed by atoms with Crippen LogP contribution in [-0.4, -0.2) is 48.0 Å². The van der Waals surface area contributed by atoms with Gasteiger partial charge in [0.1, 0.15) is 4.90 Å². The van der Waals surface area contributed by atoms with E-state index >= 15 is 0 Å². The van der Waals surface area contributed by atoms with E-state index in [0.29, 0.717) is 53.3 Å². The zero-order valence-corrected chi connectivity index (χ0v) is 21.5. The number of piperidine rings is 1. The molecule has 2 aromatic rings. The highest BCUT2D eigenvalue weighted by Gasteiger charge is 2.33. The van der Waals surface area contributed by atoms with Gasteiger partial charge in [-0.3, -0.25) is 9.48 Å². The first-order chi connectivity index (χ1) is 16.3. The van der Waals surface area contributed by atoms with E-state index in [2.05, 4.69) is 17.3 Å². The lowest BCUT2D eigenvalue weighted by molar-refractivity contribution is 0.0943. The largest absolute Gasteiger partial charge is 0.352 e. The molecule has 186 valence electrons. The van der Waals surface area contributed by atoms with Crippen LogP contribution in [0.1, 0.15) is 79.2 Å². The van der Waals surface area contributed by atoms with Gasteiger partial charge in [-0.15, -0.1) is 0 Å². The molecule has 1 aromatic carbocycles. The van der Waals surface area contributed by atoms with Gasteiger partial charge in [-0.05, 0) is 69.1 Å². The van der Waals surface area contributed by atoms with Gasteiger partial charge in [-0.2, -0.15) is 9.40 Å². The van der Waals surface area contributed by atoms with Crippen molar-refractivity contribution in [1.29, 1.82) is 0 Å². The molecule has 0 radical (unpaired) electrons. The van der Waals surface area contributed by atoms with E-state index in [1.807, 2.05) is 31.2 Å². The van der Waals surface area contributed by atoms with Crippen molar-refractivity contribution in [1.82, 2.24) is 19.4 Å². The van der Waals surface area contributed by atoms with E-state index in [1.165, 1.54) is 32.1 Å². The summed E-state index contributed by atoms with van der Waals surface area (Å²) >= 11 is 0. The Hall–Kier alpha value is -2.19. The second-order valence-corrected chi connectivity index (χ2v) is 12.0. The Balaban J connectivity index is 1.41. The first-order valence-corrected chi connectivity index (χ1v) is 14.1. The van der Waals surface area contributed by atoms with Crippen molar-refractivity contribution in [2.24, 2.45) is 11.8 Å². The van der Waals surface area contributed by atoms with Crippen LogP contribution in [0.15, 0.2) is 29.2 Å². The highest BCUT2D eigenvalue weighted by molar-refractivity contribution is 7.89. The van der Waals surface area contributed by atoms with Crippen LogP contribution in [-0.2, 0) is 16.6 Å². The van der Waals surface area contributed by atoms with Crippen molar-refractivity contribution >= 4 is 15.9 Å². The smallest absolute Gasteiger partial charge is 0.251 e. The minimum Gasteiger partial charge on any atom is -0.352 e. The quantitative estimate of drug-likeness (QED) is 0.633. The van der Waals surface area contributed by atoms with Crippen LogP contribution in [0, 0.1) is 25.7 Å². The Morgan fingerprint density at radius 2 is 1.68 bits per heavy atom. The Morgan fingerprint density at radius 1 is 1.03 bits per heavy atom. The number of aryl methyl sites for hydroxylation is 1. The standard InChI is InChI=1S/C26H38N4O3S/c1-19-13-15-29(16-14-19)34(32,33)25-20(2)28-30(21(25)3)18-23-9-11-24(12-10-23)26(31)27-17-22-7-5-4-6-8-22/h9-12,19,22H,4-8,13-18H2,1-3H3,(H,27,31). The van der Waals surface area contributed by atoms with Gasteiger partial charge in [-0.1, -0.05) is 38.3 Å². The average Bonchev–Trinajstić information content (AvgIpc) is 3.12. The zero-order chi connectivity index (χ0) is 24.3. The summed E-state index contributed by atoms with van der Waals surface area (Å²) in [6.45, 7) is 8.11. The topological polar surface area (TPSA) is 84.3 Å². The van der Waals surface area contributed by atoms with Gasteiger partial charge in [0.2, 0.25) is 10.0 Å². The third kappa shape index (κ3) is 5.54. The maximum atomic E-state index is 13.3. The van der Waals surface area contributed by atoms with Gasteiger partial charge in [-0.25, -0.2) is 8.42 Å². The highest BCUT2D eigenvalue weighted by Crippen LogP contribution is 2.28. The van der Waals surface area contributed by atoms with Crippen molar-refractivity contribution < 1.29 is 13.2 Å². The third-order valence-electron chi connectivity index (χ3n) is 7.48. The summed E-state index contributed by atoms with van der Waals surface area (Å²) in [5, 5.41) is 7.63. The van der Waals surface area contributed by atoms with Crippen molar-refractivity contribution in [2.45, 2.75) is 77.2 Å². The first-order valence-electron chi connectivity index (χ1n) is 12.7. The summed E-state index contributed by atoms with van der Waals surface area (Å²) in [5.74, 6) is 1.13. The van der Waals surface area contributed by atoms with Crippen LogP contribution < -0.4 is 5.32 Å². The van der Waals surface area contributed by atoms with Crippen LogP contribution in [0.2, 0.25) is 0 Å². The van der Waals surface area contributed by atoms with E-state index in [1.54, 1.807) is 15.9 Å². The second kappa shape index (κ2) is 10.6. The maximum Gasteiger partial charge on any atom is 0.251 e. The Labute approximate surface area is 204 Å². The number of carbonyl (C=O) groups is 1. The zero-order valence-electron chi connectivity index (χ0n) is 20.7. The Morgan fingerprint density at radius 3 is 2.32 bits per heavy atom. The van der Waals surface area contributed by atoms with E-state index in [-0.39, 0.29) is 5.91 Å². The van der Waals surface area contributed by atoms with E-state index in [0.717, 1.165) is 24.9 Å². The monoisotopic (exact) mass is 486 g/mol. The fourth-order valence-corrected chi connectivity index (χ4v) is 7.07.